The molecule has 5 aromatic rings. The van der Waals surface area contributed by atoms with E-state index in [1.165, 1.54) is 12.4 Å². The van der Waals surface area contributed by atoms with E-state index in [1.54, 1.807) is 36.1 Å². The van der Waals surface area contributed by atoms with E-state index in [0.717, 1.165) is 40.1 Å². The van der Waals surface area contributed by atoms with Gasteiger partial charge < -0.3 is 9.30 Å². The number of ether oxygens (including phenoxy) is 1. The largest absolute Gasteiger partial charge is 0.419 e. The lowest BCUT2D eigenvalue weighted by atomic mass is 9.95. The fourth-order valence-corrected chi connectivity index (χ4v) is 6.02. The molecule has 1 saturated carbocycles. The summed E-state index contributed by atoms with van der Waals surface area (Å²) >= 11 is 0. The van der Waals surface area contributed by atoms with Crippen LogP contribution in [0, 0.1) is 11.3 Å². The molecule has 1 aromatic carbocycles. The number of fused-ring (bicyclic) bond motifs is 1. The van der Waals surface area contributed by atoms with Crippen LogP contribution in [0.25, 0.3) is 39.4 Å². The molecular weight excluding hydrogens is 597 g/mol. The van der Waals surface area contributed by atoms with Gasteiger partial charge in [-0.25, -0.2) is 4.98 Å². The maximum absolute atomic E-state index is 14.3. The van der Waals surface area contributed by atoms with Crippen molar-refractivity contribution < 1.29 is 17.9 Å². The van der Waals surface area contributed by atoms with Crippen LogP contribution in [-0.4, -0.2) is 59.8 Å². The molecule has 234 valence electrons. The Labute approximate surface area is 261 Å². The zero-order chi connectivity index (χ0) is 32.2. The van der Waals surface area contributed by atoms with Crippen LogP contribution >= 0.6 is 0 Å². The van der Waals surface area contributed by atoms with Crippen molar-refractivity contribution in [1.82, 2.24) is 34.0 Å². The molecular formula is C33H29F3N8O2. The van der Waals surface area contributed by atoms with Crippen LogP contribution < -0.4 is 5.56 Å². The maximum atomic E-state index is 14.3. The van der Waals surface area contributed by atoms with Crippen molar-refractivity contribution in [2.75, 3.05) is 19.7 Å². The molecule has 0 spiro atoms. The topological polar surface area (TPSA) is 114 Å². The normalized spacial score (nSPS) is 17.3. The molecule has 0 unspecified atom stereocenters. The van der Waals surface area contributed by atoms with Crippen LogP contribution in [0.15, 0.2) is 59.9 Å². The molecule has 46 heavy (non-hydrogen) atoms. The predicted octanol–water partition coefficient (Wildman–Crippen LogP) is 5.21. The number of nitriles is 1. The van der Waals surface area contributed by atoms with Crippen LogP contribution in [0.5, 0.6) is 0 Å². The molecule has 5 heterocycles. The minimum absolute atomic E-state index is 0.0448. The molecule has 0 radical (unpaired) electrons. The molecule has 2 fully saturated rings. The highest BCUT2D eigenvalue weighted by atomic mass is 19.4. The Bertz CT molecular complexity index is 2080. The Hall–Kier alpha value is -4.93. The first kappa shape index (κ1) is 29.8. The number of aryl methyl sites for hydroxylation is 1. The smallest absolute Gasteiger partial charge is 0.376 e. The monoisotopic (exact) mass is 626 g/mol. The number of pyridine rings is 2. The fraction of sp³-hybridized carbons (Fsp3) is 0.333. The maximum Gasteiger partial charge on any atom is 0.419 e. The average molecular weight is 627 g/mol. The van der Waals surface area contributed by atoms with Gasteiger partial charge in [-0.15, -0.1) is 10.2 Å². The number of halogens is 3. The third kappa shape index (κ3) is 5.65. The zero-order valence-electron chi connectivity index (χ0n) is 25.1. The van der Waals surface area contributed by atoms with E-state index >= 15 is 0 Å². The Morgan fingerprint density at radius 3 is 2.63 bits per heavy atom. The molecule has 1 saturated heterocycles. The third-order valence-electron chi connectivity index (χ3n) is 8.42. The summed E-state index contributed by atoms with van der Waals surface area (Å²) in [6, 6.07) is 12.2. The molecule has 0 amide bonds. The number of benzene rings is 1. The van der Waals surface area contributed by atoms with Gasteiger partial charge in [0.05, 0.1) is 41.2 Å². The molecule has 0 N–H and O–H groups in total. The van der Waals surface area contributed by atoms with Gasteiger partial charge in [-0.2, -0.15) is 18.4 Å². The van der Waals surface area contributed by atoms with E-state index < -0.39 is 22.9 Å². The summed E-state index contributed by atoms with van der Waals surface area (Å²) in [6.45, 7) is 3.77. The second-order valence-corrected chi connectivity index (χ2v) is 11.9. The predicted molar refractivity (Wildman–Crippen MR) is 163 cm³/mol. The zero-order valence-corrected chi connectivity index (χ0v) is 25.1. The summed E-state index contributed by atoms with van der Waals surface area (Å²) < 4.78 is 51.2. The van der Waals surface area contributed by atoms with E-state index in [2.05, 4.69) is 21.3 Å². The minimum Gasteiger partial charge on any atom is -0.376 e. The van der Waals surface area contributed by atoms with Crippen molar-refractivity contribution in [3.05, 3.63) is 87.9 Å². The number of rotatable bonds is 6. The van der Waals surface area contributed by atoms with Crippen molar-refractivity contribution >= 4 is 5.65 Å². The summed E-state index contributed by atoms with van der Waals surface area (Å²) in [5.41, 5.74) is 2.02. The highest BCUT2D eigenvalue weighted by Crippen LogP contribution is 2.42. The van der Waals surface area contributed by atoms with Crippen molar-refractivity contribution in [2.45, 2.75) is 44.5 Å². The van der Waals surface area contributed by atoms with Gasteiger partial charge in [-0.1, -0.05) is 6.07 Å². The highest BCUT2D eigenvalue weighted by molar-refractivity contribution is 5.83. The Balaban J connectivity index is 1.39. The van der Waals surface area contributed by atoms with Crippen LogP contribution in [0.2, 0.25) is 0 Å². The molecule has 7 rings (SSSR count). The molecule has 1 aliphatic carbocycles. The Morgan fingerprint density at radius 2 is 1.93 bits per heavy atom. The van der Waals surface area contributed by atoms with Gasteiger partial charge >= 0.3 is 6.18 Å². The molecule has 2 aliphatic rings. The highest BCUT2D eigenvalue weighted by Gasteiger charge is 2.35. The van der Waals surface area contributed by atoms with Gasteiger partial charge in [0, 0.05) is 56.3 Å². The number of alkyl halides is 3. The summed E-state index contributed by atoms with van der Waals surface area (Å²) in [5, 5.41) is 17.8. The van der Waals surface area contributed by atoms with Crippen molar-refractivity contribution in [2.24, 2.45) is 7.05 Å². The van der Waals surface area contributed by atoms with Crippen LogP contribution in [0.3, 0.4) is 0 Å². The van der Waals surface area contributed by atoms with Gasteiger partial charge in [-0.05, 0) is 66.8 Å². The first-order valence-corrected chi connectivity index (χ1v) is 15.0. The lowest BCUT2D eigenvalue weighted by Gasteiger charge is -2.31. The Morgan fingerprint density at radius 1 is 1.11 bits per heavy atom. The summed E-state index contributed by atoms with van der Waals surface area (Å²) in [5.74, 6) is 0.749. The molecule has 10 nitrogen and oxygen atoms in total. The van der Waals surface area contributed by atoms with E-state index in [0.29, 0.717) is 47.9 Å². The Kier molecular flexibility index (Phi) is 7.41. The second-order valence-electron chi connectivity index (χ2n) is 11.9. The standard InChI is InChI=1S/C33H29F3N8O2/c1-19-15-43(7-8-46-19)16-21-10-27(33(34,35)36)31-38-14-26(32(45)44(31)17-21)29-12-23(11-28(40-29)22-4-5-22)24-6-3-20(13-37)9-25(24)30-41-39-18-42(30)2/h3,6,9-12,14,17-19,22H,4-5,7-8,15-16H2,1-2H3/t19-/m1/s1. The first-order chi connectivity index (χ1) is 22.1. The fourth-order valence-electron chi connectivity index (χ4n) is 6.02. The first-order valence-electron chi connectivity index (χ1n) is 15.0. The molecule has 0 bridgehead atoms. The van der Waals surface area contributed by atoms with Crippen molar-refractivity contribution in [1.29, 1.82) is 5.26 Å². The van der Waals surface area contributed by atoms with E-state index in [-0.39, 0.29) is 24.1 Å². The molecule has 1 atom stereocenters. The van der Waals surface area contributed by atoms with Crippen molar-refractivity contribution in [3.8, 4) is 39.8 Å². The summed E-state index contributed by atoms with van der Waals surface area (Å²) in [7, 11) is 1.80. The van der Waals surface area contributed by atoms with Gasteiger partial charge in [-0.3, -0.25) is 19.1 Å². The van der Waals surface area contributed by atoms with Crippen LogP contribution in [-0.2, 0) is 24.5 Å². The molecule has 13 heteroatoms. The van der Waals surface area contributed by atoms with Gasteiger partial charge in [0.15, 0.2) is 11.5 Å². The van der Waals surface area contributed by atoms with E-state index in [9.17, 15) is 23.2 Å². The van der Waals surface area contributed by atoms with Gasteiger partial charge in [0.2, 0.25) is 0 Å². The van der Waals surface area contributed by atoms with Gasteiger partial charge in [0.25, 0.3) is 5.56 Å². The number of morpholine rings is 1. The third-order valence-corrected chi connectivity index (χ3v) is 8.42. The van der Waals surface area contributed by atoms with Crippen molar-refractivity contribution in [3.63, 3.8) is 0 Å². The molecule has 1 aliphatic heterocycles. The van der Waals surface area contributed by atoms with E-state index in [1.807, 2.05) is 24.0 Å². The van der Waals surface area contributed by atoms with E-state index in [4.69, 9.17) is 9.72 Å². The van der Waals surface area contributed by atoms with Crippen LogP contribution in [0.4, 0.5) is 13.2 Å². The summed E-state index contributed by atoms with van der Waals surface area (Å²) in [4.78, 5) is 25.1. The lowest BCUT2D eigenvalue weighted by molar-refractivity contribution is -0.136. The SMILES string of the molecule is C[C@@H]1CN(Cc2cc(C(F)(F)F)c3ncc(-c4cc(-c5ccc(C#N)cc5-c5nncn5C)cc(C5CC5)n4)c(=O)n3c2)CCO1. The molecule has 4 aromatic heterocycles. The number of hydrogen-bond acceptors (Lipinski definition) is 8. The average Bonchev–Trinajstić information content (AvgIpc) is 3.80. The quantitative estimate of drug-likeness (QED) is 0.253. The minimum atomic E-state index is -4.72. The van der Waals surface area contributed by atoms with Crippen LogP contribution in [0.1, 0.15) is 48.1 Å². The lowest BCUT2D eigenvalue weighted by Crippen LogP contribution is -2.40. The number of hydrogen-bond donors (Lipinski definition) is 0. The van der Waals surface area contributed by atoms with Gasteiger partial charge in [0.1, 0.15) is 6.33 Å². The second kappa shape index (κ2) is 11.5. The number of aromatic nitrogens is 6. The summed E-state index contributed by atoms with van der Waals surface area (Å²) in [6.07, 6.45) is 1.31. The number of nitrogens with zero attached hydrogens (tertiary/aromatic N) is 8.